The van der Waals surface area contributed by atoms with E-state index in [4.69, 9.17) is 14.7 Å². The molecule has 0 saturated heterocycles. The summed E-state index contributed by atoms with van der Waals surface area (Å²) in [5.41, 5.74) is 2.49. The van der Waals surface area contributed by atoms with Gasteiger partial charge in [-0.2, -0.15) is 5.26 Å². The number of ether oxygens (including phenoxy) is 2. The third-order valence-electron chi connectivity index (χ3n) is 3.53. The van der Waals surface area contributed by atoms with Crippen LogP contribution in [0.25, 0.3) is 22.4 Å². The number of nitriles is 1. The minimum Gasteiger partial charge on any atom is -0.496 e. The number of hydrogen-bond acceptors (Lipinski definition) is 4. The van der Waals surface area contributed by atoms with E-state index < -0.39 is 0 Å². The Bertz CT molecular complexity index is 840. The molecule has 3 rings (SSSR count). The average molecular weight is 293 g/mol. The van der Waals surface area contributed by atoms with E-state index >= 15 is 0 Å². The molecule has 2 aromatic carbocycles. The Kier molecular flexibility index (Phi) is 3.67. The van der Waals surface area contributed by atoms with Crippen molar-refractivity contribution in [3.8, 4) is 29.0 Å². The number of hydrogen-bond donors (Lipinski definition) is 0. The molecule has 0 atom stereocenters. The molecule has 0 radical (unpaired) electrons. The van der Waals surface area contributed by atoms with Gasteiger partial charge in [-0.1, -0.05) is 18.2 Å². The number of methoxy groups -OCH3 is 2. The second-order valence-electron chi connectivity index (χ2n) is 4.71. The maximum Gasteiger partial charge on any atom is 0.149 e. The third-order valence-corrected chi connectivity index (χ3v) is 3.53. The minimum absolute atomic E-state index is 0.205. The van der Waals surface area contributed by atoms with E-state index in [9.17, 15) is 0 Å². The molecule has 0 aliphatic rings. The molecule has 0 aliphatic carbocycles. The summed E-state index contributed by atoms with van der Waals surface area (Å²) in [4.78, 5) is 4.67. The van der Waals surface area contributed by atoms with Crippen molar-refractivity contribution in [2.24, 2.45) is 0 Å². The van der Waals surface area contributed by atoms with Crippen LogP contribution in [-0.4, -0.2) is 23.8 Å². The first kappa shape index (κ1) is 14.0. The normalized spacial score (nSPS) is 10.4. The second kappa shape index (κ2) is 5.78. The molecule has 0 bridgehead atoms. The second-order valence-corrected chi connectivity index (χ2v) is 4.71. The molecule has 110 valence electrons. The smallest absolute Gasteiger partial charge is 0.149 e. The highest BCUT2D eigenvalue weighted by atomic mass is 16.5. The average Bonchev–Trinajstić information content (AvgIpc) is 2.93. The lowest BCUT2D eigenvalue weighted by Gasteiger charge is -2.13. The molecule has 1 aromatic heterocycles. The molecule has 0 unspecified atom stereocenters. The van der Waals surface area contributed by atoms with Crippen LogP contribution in [0.2, 0.25) is 0 Å². The van der Waals surface area contributed by atoms with Crippen LogP contribution in [0.3, 0.4) is 0 Å². The van der Waals surface area contributed by atoms with Gasteiger partial charge in [0.15, 0.2) is 0 Å². The van der Waals surface area contributed by atoms with E-state index in [1.807, 2.05) is 47.0 Å². The van der Waals surface area contributed by atoms with Crippen LogP contribution in [0.15, 0.2) is 42.5 Å². The quantitative estimate of drug-likeness (QED) is 0.741. The van der Waals surface area contributed by atoms with Crippen molar-refractivity contribution in [3.63, 3.8) is 0 Å². The monoisotopic (exact) mass is 293 g/mol. The first-order valence-corrected chi connectivity index (χ1v) is 6.83. The van der Waals surface area contributed by atoms with Gasteiger partial charge in [0, 0.05) is 0 Å². The summed E-state index contributed by atoms with van der Waals surface area (Å²) in [7, 11) is 3.21. The van der Waals surface area contributed by atoms with Crippen LogP contribution in [0, 0.1) is 11.3 Å². The molecule has 1 heterocycles. The van der Waals surface area contributed by atoms with Crippen molar-refractivity contribution >= 4 is 11.0 Å². The molecular weight excluding hydrogens is 278 g/mol. The third kappa shape index (κ3) is 2.15. The van der Waals surface area contributed by atoms with Gasteiger partial charge in [0.05, 0.1) is 31.3 Å². The number of rotatable bonds is 4. The maximum atomic E-state index is 9.16. The fourth-order valence-electron chi connectivity index (χ4n) is 2.57. The minimum atomic E-state index is 0.205. The predicted molar refractivity (Wildman–Crippen MR) is 83.9 cm³/mol. The van der Waals surface area contributed by atoms with Crippen molar-refractivity contribution < 1.29 is 9.47 Å². The van der Waals surface area contributed by atoms with Gasteiger partial charge in [0.2, 0.25) is 0 Å². The Labute approximate surface area is 128 Å². The lowest BCUT2D eigenvalue weighted by molar-refractivity contribution is 0.396. The van der Waals surface area contributed by atoms with Crippen LogP contribution in [0.4, 0.5) is 0 Å². The van der Waals surface area contributed by atoms with Crippen LogP contribution in [-0.2, 0) is 6.54 Å². The SMILES string of the molecule is COc1cccc(OC)c1-c1nc2ccccc2n1CC#N. The van der Waals surface area contributed by atoms with Gasteiger partial charge < -0.3 is 14.0 Å². The van der Waals surface area contributed by atoms with Crippen molar-refractivity contribution in [1.82, 2.24) is 9.55 Å². The summed E-state index contributed by atoms with van der Waals surface area (Å²) in [5, 5.41) is 9.16. The summed E-state index contributed by atoms with van der Waals surface area (Å²) >= 11 is 0. The van der Waals surface area contributed by atoms with Crippen molar-refractivity contribution in [2.75, 3.05) is 14.2 Å². The van der Waals surface area contributed by atoms with Gasteiger partial charge in [0.1, 0.15) is 29.4 Å². The Morgan fingerprint density at radius 1 is 1.05 bits per heavy atom. The number of benzene rings is 2. The molecule has 5 nitrogen and oxygen atoms in total. The first-order chi connectivity index (χ1) is 10.8. The molecular formula is C17H15N3O2. The Hall–Kier alpha value is -3.00. The highest BCUT2D eigenvalue weighted by Gasteiger charge is 2.20. The summed E-state index contributed by atoms with van der Waals surface area (Å²) in [6.45, 7) is 0.205. The molecule has 0 amide bonds. The number of imidazole rings is 1. The van der Waals surface area contributed by atoms with Gasteiger partial charge >= 0.3 is 0 Å². The fourth-order valence-corrected chi connectivity index (χ4v) is 2.57. The molecule has 0 N–H and O–H groups in total. The van der Waals surface area contributed by atoms with E-state index in [-0.39, 0.29) is 6.54 Å². The van der Waals surface area contributed by atoms with Crippen molar-refractivity contribution in [1.29, 1.82) is 5.26 Å². The topological polar surface area (TPSA) is 60.1 Å². The molecule has 0 saturated carbocycles. The molecule has 0 aliphatic heterocycles. The van der Waals surface area contributed by atoms with Gasteiger partial charge in [-0.15, -0.1) is 0 Å². The Balaban J connectivity index is 2.35. The van der Waals surface area contributed by atoms with Crippen molar-refractivity contribution in [2.45, 2.75) is 6.54 Å². The van der Waals surface area contributed by atoms with E-state index in [1.54, 1.807) is 14.2 Å². The van der Waals surface area contributed by atoms with E-state index in [0.717, 1.165) is 16.6 Å². The van der Waals surface area contributed by atoms with E-state index in [2.05, 4.69) is 11.1 Å². The Morgan fingerprint density at radius 2 is 1.73 bits per heavy atom. The summed E-state index contributed by atoms with van der Waals surface area (Å²) < 4.78 is 12.8. The maximum absolute atomic E-state index is 9.16. The van der Waals surface area contributed by atoms with Gasteiger partial charge in [-0.05, 0) is 24.3 Å². The highest BCUT2D eigenvalue weighted by molar-refractivity contribution is 5.84. The predicted octanol–water partition coefficient (Wildman–Crippen LogP) is 3.24. The summed E-state index contributed by atoms with van der Waals surface area (Å²) in [6.07, 6.45) is 0. The molecule has 22 heavy (non-hydrogen) atoms. The lowest BCUT2D eigenvalue weighted by Crippen LogP contribution is -2.02. The largest absolute Gasteiger partial charge is 0.496 e. The number of nitrogens with zero attached hydrogens (tertiary/aromatic N) is 3. The van der Waals surface area contributed by atoms with Crippen LogP contribution < -0.4 is 9.47 Å². The zero-order chi connectivity index (χ0) is 15.5. The number of para-hydroxylation sites is 2. The van der Waals surface area contributed by atoms with Crippen molar-refractivity contribution in [3.05, 3.63) is 42.5 Å². The van der Waals surface area contributed by atoms with Crippen LogP contribution in [0.1, 0.15) is 0 Å². The number of aromatic nitrogens is 2. The van der Waals surface area contributed by atoms with E-state index in [0.29, 0.717) is 17.3 Å². The van der Waals surface area contributed by atoms with Gasteiger partial charge in [0.25, 0.3) is 0 Å². The molecule has 0 fully saturated rings. The zero-order valence-corrected chi connectivity index (χ0v) is 12.4. The Morgan fingerprint density at radius 3 is 2.36 bits per heavy atom. The summed E-state index contributed by atoms with van der Waals surface area (Å²) in [5.74, 6) is 1.99. The van der Waals surface area contributed by atoms with Gasteiger partial charge in [-0.25, -0.2) is 4.98 Å². The van der Waals surface area contributed by atoms with Crippen LogP contribution >= 0.6 is 0 Å². The highest BCUT2D eigenvalue weighted by Crippen LogP contribution is 2.38. The first-order valence-electron chi connectivity index (χ1n) is 6.83. The zero-order valence-electron chi connectivity index (χ0n) is 12.4. The van der Waals surface area contributed by atoms with E-state index in [1.165, 1.54) is 0 Å². The van der Waals surface area contributed by atoms with Crippen LogP contribution in [0.5, 0.6) is 11.5 Å². The lowest BCUT2D eigenvalue weighted by atomic mass is 10.1. The summed E-state index contributed by atoms with van der Waals surface area (Å²) in [6, 6.07) is 15.5. The van der Waals surface area contributed by atoms with Gasteiger partial charge in [-0.3, -0.25) is 0 Å². The molecule has 0 spiro atoms. The fraction of sp³-hybridized carbons (Fsp3) is 0.176. The standard InChI is InChI=1S/C17H15N3O2/c1-21-14-8-5-9-15(22-2)16(14)17-19-12-6-3-4-7-13(12)20(17)11-10-18/h3-9H,11H2,1-2H3. The number of fused-ring (bicyclic) bond motifs is 1. The molecule has 3 aromatic rings. The molecule has 5 heteroatoms.